The van der Waals surface area contributed by atoms with Crippen LogP contribution in [-0.2, 0) is 9.84 Å². The Morgan fingerprint density at radius 3 is 2.67 bits per heavy atom. The molecule has 1 amide bonds. The molecule has 0 spiro atoms. The fraction of sp³-hybridized carbons (Fsp3) is 0.278. The van der Waals surface area contributed by atoms with Gasteiger partial charge in [-0.25, -0.2) is 8.42 Å². The average Bonchev–Trinajstić information content (AvgIpc) is 2.76. The van der Waals surface area contributed by atoms with Gasteiger partial charge < -0.3 is 4.90 Å². The van der Waals surface area contributed by atoms with Crippen LogP contribution in [-0.4, -0.2) is 32.9 Å². The second-order valence-electron chi connectivity index (χ2n) is 5.88. The molecule has 0 radical (unpaired) electrons. The summed E-state index contributed by atoms with van der Waals surface area (Å²) in [6, 6.07) is 12.6. The van der Waals surface area contributed by atoms with Crippen LogP contribution in [0.25, 0.3) is 0 Å². The standard InChI is InChI=1S/C18H19NO3S2/c1-13-8-9-14(24(2,21)22)12-15(13)18(20)19-10-5-11-23-17-7-4-3-6-16(17)19/h3-4,6-9,12H,5,10-11H2,1-2H3. The number of benzene rings is 2. The van der Waals surface area contributed by atoms with Crippen LogP contribution in [0, 0.1) is 6.92 Å². The Hall–Kier alpha value is -1.79. The number of rotatable bonds is 2. The van der Waals surface area contributed by atoms with Crippen molar-refractivity contribution >= 4 is 33.2 Å². The topological polar surface area (TPSA) is 54.5 Å². The minimum atomic E-state index is -3.35. The van der Waals surface area contributed by atoms with Crippen molar-refractivity contribution in [3.8, 4) is 0 Å². The number of hydrogen-bond donors (Lipinski definition) is 0. The van der Waals surface area contributed by atoms with Crippen molar-refractivity contribution in [2.24, 2.45) is 0 Å². The number of sulfone groups is 1. The normalized spacial score (nSPS) is 14.8. The Balaban J connectivity index is 2.07. The third-order valence-corrected chi connectivity index (χ3v) is 6.31. The van der Waals surface area contributed by atoms with E-state index in [0.29, 0.717) is 12.1 Å². The molecule has 0 fully saturated rings. The average molecular weight is 361 g/mol. The molecular weight excluding hydrogens is 342 g/mol. The fourth-order valence-electron chi connectivity index (χ4n) is 2.75. The maximum atomic E-state index is 13.1. The first kappa shape index (κ1) is 17.0. The Labute approximate surface area is 146 Å². The smallest absolute Gasteiger partial charge is 0.258 e. The summed E-state index contributed by atoms with van der Waals surface area (Å²) in [5, 5.41) is 0. The van der Waals surface area contributed by atoms with Gasteiger partial charge in [-0.2, -0.15) is 0 Å². The molecule has 1 aliphatic rings. The molecule has 126 valence electrons. The lowest BCUT2D eigenvalue weighted by Crippen LogP contribution is -2.32. The number of thioether (sulfide) groups is 1. The third kappa shape index (κ3) is 3.35. The van der Waals surface area contributed by atoms with Gasteiger partial charge in [0.2, 0.25) is 0 Å². The maximum Gasteiger partial charge on any atom is 0.258 e. The maximum absolute atomic E-state index is 13.1. The first-order valence-corrected chi connectivity index (χ1v) is 10.6. The number of amides is 1. The molecule has 3 rings (SSSR count). The summed E-state index contributed by atoms with van der Waals surface area (Å²) in [5.41, 5.74) is 2.12. The van der Waals surface area contributed by atoms with E-state index >= 15 is 0 Å². The Morgan fingerprint density at radius 2 is 1.92 bits per heavy atom. The molecular formula is C18H19NO3S2. The molecule has 6 heteroatoms. The minimum Gasteiger partial charge on any atom is -0.307 e. The van der Waals surface area contributed by atoms with Crippen molar-refractivity contribution < 1.29 is 13.2 Å². The van der Waals surface area contributed by atoms with Crippen molar-refractivity contribution in [2.75, 3.05) is 23.5 Å². The van der Waals surface area contributed by atoms with E-state index in [2.05, 4.69) is 0 Å². The quantitative estimate of drug-likeness (QED) is 0.821. The van der Waals surface area contributed by atoms with E-state index in [1.807, 2.05) is 31.2 Å². The molecule has 0 unspecified atom stereocenters. The summed E-state index contributed by atoms with van der Waals surface area (Å²) in [5.74, 6) is 0.816. The van der Waals surface area contributed by atoms with Crippen LogP contribution in [0.2, 0.25) is 0 Å². The highest BCUT2D eigenvalue weighted by atomic mass is 32.2. The monoisotopic (exact) mass is 361 g/mol. The zero-order valence-corrected chi connectivity index (χ0v) is 15.3. The summed E-state index contributed by atoms with van der Waals surface area (Å²) < 4.78 is 23.6. The first-order valence-electron chi connectivity index (χ1n) is 7.72. The van der Waals surface area contributed by atoms with Gasteiger partial charge in [-0.1, -0.05) is 18.2 Å². The molecule has 0 saturated heterocycles. The summed E-state index contributed by atoms with van der Waals surface area (Å²) in [6.07, 6.45) is 2.06. The molecule has 0 saturated carbocycles. The zero-order chi connectivity index (χ0) is 17.3. The van der Waals surface area contributed by atoms with Gasteiger partial charge in [0.05, 0.1) is 10.6 Å². The SMILES string of the molecule is Cc1ccc(S(C)(=O)=O)cc1C(=O)N1CCCSc2ccccc21. The Morgan fingerprint density at radius 1 is 1.17 bits per heavy atom. The molecule has 24 heavy (non-hydrogen) atoms. The molecule has 1 aliphatic heterocycles. The van der Waals surface area contributed by atoms with Crippen molar-refractivity contribution in [3.05, 3.63) is 53.6 Å². The van der Waals surface area contributed by atoms with Gasteiger partial charge >= 0.3 is 0 Å². The predicted molar refractivity (Wildman–Crippen MR) is 97.7 cm³/mol. The van der Waals surface area contributed by atoms with Crippen LogP contribution in [0.15, 0.2) is 52.3 Å². The molecule has 2 aromatic rings. The molecule has 0 atom stereocenters. The largest absolute Gasteiger partial charge is 0.307 e. The highest BCUT2D eigenvalue weighted by Gasteiger charge is 2.24. The Bertz CT molecular complexity index is 891. The van der Waals surface area contributed by atoms with E-state index < -0.39 is 9.84 Å². The second kappa shape index (κ2) is 6.61. The molecule has 0 N–H and O–H groups in total. The van der Waals surface area contributed by atoms with Gasteiger partial charge in [0, 0.05) is 23.3 Å². The van der Waals surface area contributed by atoms with Gasteiger partial charge in [0.25, 0.3) is 5.91 Å². The van der Waals surface area contributed by atoms with Crippen LogP contribution < -0.4 is 4.90 Å². The lowest BCUT2D eigenvalue weighted by Gasteiger charge is -2.23. The predicted octanol–water partition coefficient (Wildman–Crippen LogP) is 3.54. The van der Waals surface area contributed by atoms with Crippen LogP contribution in [0.1, 0.15) is 22.3 Å². The van der Waals surface area contributed by atoms with Crippen LogP contribution in [0.4, 0.5) is 5.69 Å². The third-order valence-electron chi connectivity index (χ3n) is 4.05. The van der Waals surface area contributed by atoms with Crippen LogP contribution in [0.5, 0.6) is 0 Å². The summed E-state index contributed by atoms with van der Waals surface area (Å²) in [6.45, 7) is 2.46. The van der Waals surface area contributed by atoms with E-state index in [0.717, 1.165) is 34.6 Å². The number of aryl methyl sites for hydroxylation is 1. The number of carbonyl (C=O) groups excluding carboxylic acids is 1. The van der Waals surface area contributed by atoms with Gasteiger partial charge in [-0.15, -0.1) is 11.8 Å². The lowest BCUT2D eigenvalue weighted by atomic mass is 10.1. The number of nitrogens with zero attached hydrogens (tertiary/aromatic N) is 1. The highest BCUT2D eigenvalue weighted by molar-refractivity contribution is 7.99. The molecule has 1 heterocycles. The lowest BCUT2D eigenvalue weighted by molar-refractivity contribution is 0.0986. The van der Waals surface area contributed by atoms with Crippen molar-refractivity contribution in [1.29, 1.82) is 0 Å². The summed E-state index contributed by atoms with van der Waals surface area (Å²) in [4.78, 5) is 16.2. The summed E-state index contributed by atoms with van der Waals surface area (Å²) in [7, 11) is -3.35. The van der Waals surface area contributed by atoms with Gasteiger partial charge in [-0.3, -0.25) is 4.79 Å². The second-order valence-corrected chi connectivity index (χ2v) is 9.03. The minimum absolute atomic E-state index is 0.145. The van der Waals surface area contributed by atoms with E-state index in [1.54, 1.807) is 28.8 Å². The van der Waals surface area contributed by atoms with Gasteiger partial charge in [0.15, 0.2) is 9.84 Å². The summed E-state index contributed by atoms with van der Waals surface area (Å²) >= 11 is 1.75. The van der Waals surface area contributed by atoms with Gasteiger partial charge in [0.1, 0.15) is 0 Å². The van der Waals surface area contributed by atoms with Crippen LogP contribution in [0.3, 0.4) is 0 Å². The number of fused-ring (bicyclic) bond motifs is 1. The van der Waals surface area contributed by atoms with E-state index in [9.17, 15) is 13.2 Å². The van der Waals surface area contributed by atoms with Gasteiger partial charge in [-0.05, 0) is 48.9 Å². The molecule has 4 nitrogen and oxygen atoms in total. The van der Waals surface area contributed by atoms with Crippen molar-refractivity contribution in [1.82, 2.24) is 0 Å². The van der Waals surface area contributed by atoms with Crippen molar-refractivity contribution in [3.63, 3.8) is 0 Å². The van der Waals surface area contributed by atoms with Crippen molar-refractivity contribution in [2.45, 2.75) is 23.1 Å². The molecule has 0 aliphatic carbocycles. The number of carbonyl (C=O) groups is 1. The molecule has 0 aromatic heterocycles. The number of anilines is 1. The highest BCUT2D eigenvalue weighted by Crippen LogP contribution is 2.34. The van der Waals surface area contributed by atoms with E-state index in [4.69, 9.17) is 0 Å². The number of para-hydroxylation sites is 1. The molecule has 2 aromatic carbocycles. The molecule has 0 bridgehead atoms. The first-order chi connectivity index (χ1) is 11.4. The van der Waals surface area contributed by atoms with Crippen LogP contribution >= 0.6 is 11.8 Å². The number of hydrogen-bond acceptors (Lipinski definition) is 4. The van der Waals surface area contributed by atoms with E-state index in [-0.39, 0.29) is 10.8 Å². The van der Waals surface area contributed by atoms with E-state index in [1.165, 1.54) is 6.07 Å². The zero-order valence-electron chi connectivity index (χ0n) is 13.7. The fourth-order valence-corrected chi connectivity index (χ4v) is 4.39. The Kier molecular flexibility index (Phi) is 4.69.